The third-order valence-electron chi connectivity index (χ3n) is 5.64. The second kappa shape index (κ2) is 9.27. The number of nitrogens with one attached hydrogen (secondary N) is 1. The van der Waals surface area contributed by atoms with Gasteiger partial charge in [0.05, 0.1) is 5.41 Å². The molecule has 0 aliphatic rings. The number of ketones is 1. The lowest BCUT2D eigenvalue weighted by atomic mass is 9.68. The number of hydrogen-bond acceptors (Lipinski definition) is 3. The van der Waals surface area contributed by atoms with Gasteiger partial charge in [-0.2, -0.15) is 0 Å². The molecule has 156 valence electrons. The summed E-state index contributed by atoms with van der Waals surface area (Å²) in [5.74, 6) is -0.836. The summed E-state index contributed by atoms with van der Waals surface area (Å²) in [4.78, 5) is 24.7. The molecule has 0 aliphatic carbocycles. The Morgan fingerprint density at radius 3 is 2.07 bits per heavy atom. The second-order valence-electron chi connectivity index (χ2n) is 7.51. The number of Topliss-reactive ketones (excluding diaryl/α,β-unsaturated/α-hetero) is 1. The molecular weight excluding hydrogens is 376 g/mol. The summed E-state index contributed by atoms with van der Waals surface area (Å²) in [7, 11) is 0. The summed E-state index contributed by atoms with van der Waals surface area (Å²) in [5.41, 5.74) is -1.73. The minimum atomic E-state index is -3.08. The highest BCUT2D eigenvalue weighted by atomic mass is 19.3. The molecule has 2 rings (SSSR count). The molecular formula is C23H27F2NO3. The van der Waals surface area contributed by atoms with Crippen LogP contribution in [0.4, 0.5) is 8.78 Å². The SMILES string of the molecule is CCC(=O)C(C)(CCNC(=O)c1ccc(-c2ccccc2)cc1)C(C)(O)C(F)F. The van der Waals surface area contributed by atoms with Gasteiger partial charge < -0.3 is 10.4 Å². The van der Waals surface area contributed by atoms with E-state index in [2.05, 4.69) is 5.32 Å². The predicted molar refractivity (Wildman–Crippen MR) is 109 cm³/mol. The van der Waals surface area contributed by atoms with Gasteiger partial charge in [-0.3, -0.25) is 9.59 Å². The Bertz CT molecular complexity index is 835. The molecule has 0 saturated heterocycles. The van der Waals surface area contributed by atoms with Crippen molar-refractivity contribution >= 4 is 11.7 Å². The summed E-state index contributed by atoms with van der Waals surface area (Å²) in [6.45, 7) is 3.85. The maximum atomic E-state index is 13.3. The molecule has 2 aromatic rings. The largest absolute Gasteiger partial charge is 0.383 e. The number of carbonyl (C=O) groups excluding carboxylic acids is 2. The van der Waals surface area contributed by atoms with E-state index >= 15 is 0 Å². The lowest BCUT2D eigenvalue weighted by Crippen LogP contribution is -2.55. The first-order chi connectivity index (χ1) is 13.6. The average Bonchev–Trinajstić information content (AvgIpc) is 2.73. The lowest BCUT2D eigenvalue weighted by Gasteiger charge is -2.41. The smallest absolute Gasteiger partial charge is 0.267 e. The van der Waals surface area contributed by atoms with Gasteiger partial charge in [-0.05, 0) is 43.5 Å². The van der Waals surface area contributed by atoms with Crippen molar-refractivity contribution in [2.45, 2.75) is 45.6 Å². The summed E-state index contributed by atoms with van der Waals surface area (Å²) < 4.78 is 26.7. The van der Waals surface area contributed by atoms with Crippen LogP contribution in [0.2, 0.25) is 0 Å². The molecule has 2 unspecified atom stereocenters. The van der Waals surface area contributed by atoms with E-state index in [0.29, 0.717) is 5.56 Å². The van der Waals surface area contributed by atoms with E-state index in [0.717, 1.165) is 18.1 Å². The highest BCUT2D eigenvalue weighted by Gasteiger charge is 2.53. The Kier molecular flexibility index (Phi) is 7.25. The zero-order chi connectivity index (χ0) is 21.7. The highest BCUT2D eigenvalue weighted by Crippen LogP contribution is 2.40. The van der Waals surface area contributed by atoms with Gasteiger partial charge in [-0.15, -0.1) is 0 Å². The molecule has 2 atom stereocenters. The second-order valence-corrected chi connectivity index (χ2v) is 7.51. The lowest BCUT2D eigenvalue weighted by molar-refractivity contribution is -0.174. The van der Waals surface area contributed by atoms with Crippen molar-refractivity contribution in [2.24, 2.45) is 5.41 Å². The molecule has 0 spiro atoms. The van der Waals surface area contributed by atoms with Crippen LogP contribution in [0.3, 0.4) is 0 Å². The van der Waals surface area contributed by atoms with Crippen LogP contribution in [-0.2, 0) is 4.79 Å². The number of carbonyl (C=O) groups is 2. The van der Waals surface area contributed by atoms with Crippen molar-refractivity contribution in [3.63, 3.8) is 0 Å². The summed E-state index contributed by atoms with van der Waals surface area (Å²) in [6.07, 6.45) is -3.15. The number of amides is 1. The summed E-state index contributed by atoms with van der Waals surface area (Å²) in [6, 6.07) is 16.7. The van der Waals surface area contributed by atoms with Gasteiger partial charge in [0.1, 0.15) is 11.4 Å². The van der Waals surface area contributed by atoms with Crippen molar-refractivity contribution in [2.75, 3.05) is 6.54 Å². The van der Waals surface area contributed by atoms with Crippen LogP contribution in [-0.4, -0.2) is 35.4 Å². The van der Waals surface area contributed by atoms with Crippen LogP contribution >= 0.6 is 0 Å². The van der Waals surface area contributed by atoms with Crippen LogP contribution in [0, 0.1) is 5.41 Å². The maximum Gasteiger partial charge on any atom is 0.267 e. The predicted octanol–water partition coefficient (Wildman–Crippen LogP) is 4.48. The Labute approximate surface area is 170 Å². The van der Waals surface area contributed by atoms with Gasteiger partial charge in [0, 0.05) is 18.5 Å². The quantitative estimate of drug-likeness (QED) is 0.649. The van der Waals surface area contributed by atoms with Crippen molar-refractivity contribution in [3.05, 3.63) is 60.2 Å². The molecule has 0 fully saturated rings. The van der Waals surface area contributed by atoms with Crippen LogP contribution < -0.4 is 5.32 Å². The van der Waals surface area contributed by atoms with E-state index in [-0.39, 0.29) is 25.3 Å². The highest BCUT2D eigenvalue weighted by molar-refractivity contribution is 5.94. The van der Waals surface area contributed by atoms with E-state index in [1.165, 1.54) is 6.92 Å². The van der Waals surface area contributed by atoms with Crippen LogP contribution in [0.25, 0.3) is 11.1 Å². The third kappa shape index (κ3) is 4.88. The van der Waals surface area contributed by atoms with Crippen LogP contribution in [0.15, 0.2) is 54.6 Å². The van der Waals surface area contributed by atoms with Gasteiger partial charge in [0.15, 0.2) is 0 Å². The molecule has 4 nitrogen and oxygen atoms in total. The average molecular weight is 403 g/mol. The van der Waals surface area contributed by atoms with Gasteiger partial charge in [-0.25, -0.2) is 8.78 Å². The maximum absolute atomic E-state index is 13.3. The minimum Gasteiger partial charge on any atom is -0.383 e. The number of halogens is 2. The normalized spacial score (nSPS) is 15.4. The molecule has 0 saturated carbocycles. The molecule has 6 heteroatoms. The molecule has 29 heavy (non-hydrogen) atoms. The fourth-order valence-electron chi connectivity index (χ4n) is 3.28. The van der Waals surface area contributed by atoms with Crippen molar-refractivity contribution in [3.8, 4) is 11.1 Å². The zero-order valence-corrected chi connectivity index (χ0v) is 16.9. The zero-order valence-electron chi connectivity index (χ0n) is 16.9. The molecule has 0 aliphatic heterocycles. The van der Waals surface area contributed by atoms with Crippen molar-refractivity contribution in [1.82, 2.24) is 5.32 Å². The fourth-order valence-corrected chi connectivity index (χ4v) is 3.28. The standard InChI is InChI=1S/C23H27F2NO3/c1-4-19(27)22(2,23(3,29)21(24)25)14-15-26-20(28)18-12-10-17(11-13-18)16-8-6-5-7-9-16/h5-13,21,29H,4,14-15H2,1-3H3,(H,26,28). The first-order valence-corrected chi connectivity index (χ1v) is 9.61. The summed E-state index contributed by atoms with van der Waals surface area (Å²) >= 11 is 0. The molecule has 0 radical (unpaired) electrons. The Balaban J connectivity index is 2.05. The van der Waals surface area contributed by atoms with E-state index in [9.17, 15) is 23.5 Å². The summed E-state index contributed by atoms with van der Waals surface area (Å²) in [5, 5.41) is 12.9. The van der Waals surface area contributed by atoms with Gasteiger partial charge in [0.2, 0.25) is 0 Å². The number of aliphatic hydroxyl groups is 1. The Hall–Kier alpha value is -2.60. The molecule has 0 heterocycles. The van der Waals surface area contributed by atoms with Gasteiger partial charge in [-0.1, -0.05) is 49.4 Å². The molecule has 2 N–H and O–H groups in total. The minimum absolute atomic E-state index is 0.00954. The van der Waals surface area contributed by atoms with E-state index in [1.807, 2.05) is 42.5 Å². The van der Waals surface area contributed by atoms with Crippen LogP contribution in [0.5, 0.6) is 0 Å². The van der Waals surface area contributed by atoms with Crippen molar-refractivity contribution < 1.29 is 23.5 Å². The van der Waals surface area contributed by atoms with Gasteiger partial charge >= 0.3 is 0 Å². The first kappa shape index (κ1) is 22.7. The van der Waals surface area contributed by atoms with E-state index in [1.54, 1.807) is 19.1 Å². The van der Waals surface area contributed by atoms with Gasteiger partial charge in [0.25, 0.3) is 12.3 Å². The molecule has 0 aromatic heterocycles. The third-order valence-corrected chi connectivity index (χ3v) is 5.64. The first-order valence-electron chi connectivity index (χ1n) is 9.61. The van der Waals surface area contributed by atoms with E-state index < -0.39 is 23.2 Å². The number of alkyl halides is 2. The Morgan fingerprint density at radius 1 is 1.00 bits per heavy atom. The number of benzene rings is 2. The molecule has 0 bridgehead atoms. The fraction of sp³-hybridized carbons (Fsp3) is 0.391. The van der Waals surface area contributed by atoms with Crippen molar-refractivity contribution in [1.29, 1.82) is 0 Å². The van der Waals surface area contributed by atoms with E-state index in [4.69, 9.17) is 0 Å². The topological polar surface area (TPSA) is 66.4 Å². The number of hydrogen-bond donors (Lipinski definition) is 2. The molecule has 2 aromatic carbocycles. The van der Waals surface area contributed by atoms with Crippen LogP contribution in [0.1, 0.15) is 44.0 Å². The Morgan fingerprint density at radius 2 is 1.55 bits per heavy atom. The molecule has 1 amide bonds. The monoisotopic (exact) mass is 403 g/mol. The number of rotatable bonds is 9.